The van der Waals surface area contributed by atoms with E-state index in [1.807, 2.05) is 0 Å². The number of benzene rings is 1. The molecule has 1 amide bonds. The Morgan fingerprint density at radius 3 is 2.60 bits per heavy atom. The average Bonchev–Trinajstić information content (AvgIpc) is 3.25. The van der Waals surface area contributed by atoms with E-state index in [-0.39, 0.29) is 35.4 Å². The Morgan fingerprint density at radius 2 is 1.88 bits per heavy atom. The van der Waals surface area contributed by atoms with Crippen LogP contribution in [0.15, 0.2) is 35.0 Å². The van der Waals surface area contributed by atoms with E-state index in [0.717, 1.165) is 50.7 Å². The lowest BCUT2D eigenvalue weighted by atomic mass is 9.46. The summed E-state index contributed by atoms with van der Waals surface area (Å²) in [4.78, 5) is 30.3. The van der Waals surface area contributed by atoms with Crippen LogP contribution in [0, 0.1) is 40.9 Å². The molecule has 0 unspecified atom stereocenters. The third-order valence-corrected chi connectivity index (χ3v) is 11.0. The van der Waals surface area contributed by atoms with E-state index in [9.17, 15) is 24.9 Å². The second kappa shape index (κ2) is 11.3. The highest BCUT2D eigenvalue weighted by molar-refractivity contribution is 5.96. The minimum absolute atomic E-state index is 0.0651. The van der Waals surface area contributed by atoms with Crippen LogP contribution in [-0.4, -0.2) is 58.3 Å². The van der Waals surface area contributed by atoms with E-state index in [1.54, 1.807) is 6.07 Å². The summed E-state index contributed by atoms with van der Waals surface area (Å²) in [6, 6.07) is 3.20. The largest absolute Gasteiger partial charge is 0.504 e. The SMILES string of the molecule is C#C[C@@]1(O)CC[C@@H]2[C@H]3CCC4=CC(=NOCC(=O)N[C@H](Cc5ccc(O)c(O)c5)C(=O)OC)CC[C@]4(C)[C@H]3CC[C@]21C. The Balaban J connectivity index is 1.20. The first-order valence-corrected chi connectivity index (χ1v) is 14.9. The number of aromatic hydroxyl groups is 2. The molecule has 0 aliphatic heterocycles. The lowest BCUT2D eigenvalue weighted by molar-refractivity contribution is -0.145. The smallest absolute Gasteiger partial charge is 0.328 e. The highest BCUT2D eigenvalue weighted by Gasteiger charge is 2.63. The van der Waals surface area contributed by atoms with Gasteiger partial charge in [0.15, 0.2) is 18.1 Å². The van der Waals surface area contributed by atoms with Crippen LogP contribution in [0.5, 0.6) is 11.5 Å². The van der Waals surface area contributed by atoms with Gasteiger partial charge in [0.25, 0.3) is 5.91 Å². The van der Waals surface area contributed by atoms with Crippen LogP contribution in [0.25, 0.3) is 0 Å². The quantitative estimate of drug-likeness (QED) is 0.166. The summed E-state index contributed by atoms with van der Waals surface area (Å²) in [5.74, 6) is 2.55. The summed E-state index contributed by atoms with van der Waals surface area (Å²) in [5, 5.41) is 37.4. The molecule has 9 heteroatoms. The number of allylic oxidation sites excluding steroid dienone is 2. The van der Waals surface area contributed by atoms with Crippen molar-refractivity contribution < 1.29 is 34.5 Å². The number of phenolic OH excluding ortho intramolecular Hbond substituents is 2. The van der Waals surface area contributed by atoms with Crippen molar-refractivity contribution in [3.63, 3.8) is 0 Å². The van der Waals surface area contributed by atoms with Crippen molar-refractivity contribution in [1.29, 1.82) is 0 Å². The van der Waals surface area contributed by atoms with Gasteiger partial charge < -0.3 is 30.2 Å². The summed E-state index contributed by atoms with van der Waals surface area (Å²) in [5.41, 5.74) is 1.60. The first kappa shape index (κ1) is 30.0. The van der Waals surface area contributed by atoms with E-state index < -0.39 is 23.5 Å². The molecule has 7 atom stereocenters. The molecule has 0 spiro atoms. The number of fused-ring (bicyclic) bond motifs is 5. The Kier molecular flexibility index (Phi) is 8.06. The van der Waals surface area contributed by atoms with Gasteiger partial charge in [-0.2, -0.15) is 0 Å². The van der Waals surface area contributed by atoms with Crippen molar-refractivity contribution in [3.8, 4) is 23.8 Å². The molecule has 0 radical (unpaired) electrons. The van der Waals surface area contributed by atoms with Crippen LogP contribution in [0.3, 0.4) is 0 Å². The average molecular weight is 579 g/mol. The summed E-state index contributed by atoms with van der Waals surface area (Å²) >= 11 is 0. The topological polar surface area (TPSA) is 138 Å². The lowest BCUT2D eigenvalue weighted by Crippen LogP contribution is -2.54. The van der Waals surface area contributed by atoms with E-state index >= 15 is 0 Å². The van der Waals surface area contributed by atoms with Crippen molar-refractivity contribution in [2.75, 3.05) is 13.7 Å². The highest BCUT2D eigenvalue weighted by Crippen LogP contribution is 2.67. The number of methoxy groups -OCH3 is 1. The van der Waals surface area contributed by atoms with Crippen LogP contribution in [0.2, 0.25) is 0 Å². The van der Waals surface area contributed by atoms with Gasteiger partial charge in [-0.3, -0.25) is 4.79 Å². The number of hydrogen-bond donors (Lipinski definition) is 4. The van der Waals surface area contributed by atoms with Gasteiger partial charge in [0, 0.05) is 11.8 Å². The van der Waals surface area contributed by atoms with Gasteiger partial charge in [0.1, 0.15) is 11.6 Å². The minimum atomic E-state index is -0.999. The molecule has 0 aromatic heterocycles. The zero-order valence-corrected chi connectivity index (χ0v) is 24.7. The fourth-order valence-electron chi connectivity index (χ4n) is 8.57. The van der Waals surface area contributed by atoms with Crippen molar-refractivity contribution in [2.24, 2.45) is 33.7 Å². The minimum Gasteiger partial charge on any atom is -0.504 e. The summed E-state index contributed by atoms with van der Waals surface area (Å²) in [6.07, 6.45) is 15.5. The molecular weight excluding hydrogens is 536 g/mol. The maximum absolute atomic E-state index is 12.6. The van der Waals surface area contributed by atoms with E-state index in [0.29, 0.717) is 29.7 Å². The second-order valence-electron chi connectivity index (χ2n) is 13.0. The fraction of sp³-hybridized carbons (Fsp3) is 0.606. The number of nitrogens with one attached hydrogen (secondary N) is 1. The van der Waals surface area contributed by atoms with Gasteiger partial charge in [-0.15, -0.1) is 6.42 Å². The third kappa shape index (κ3) is 5.15. The molecule has 4 aliphatic rings. The number of rotatable bonds is 7. The van der Waals surface area contributed by atoms with Crippen molar-refractivity contribution in [3.05, 3.63) is 35.4 Å². The molecule has 3 fully saturated rings. The summed E-state index contributed by atoms with van der Waals surface area (Å²) in [7, 11) is 1.23. The maximum atomic E-state index is 12.6. The second-order valence-corrected chi connectivity index (χ2v) is 13.0. The van der Waals surface area contributed by atoms with Gasteiger partial charge >= 0.3 is 5.97 Å². The van der Waals surface area contributed by atoms with E-state index in [4.69, 9.17) is 16.0 Å². The molecule has 226 valence electrons. The number of nitrogens with zero attached hydrogens (tertiary/aromatic N) is 1. The maximum Gasteiger partial charge on any atom is 0.328 e. The molecule has 1 aromatic rings. The normalized spacial score (nSPS) is 35.1. The van der Waals surface area contributed by atoms with Crippen molar-refractivity contribution in [2.45, 2.75) is 83.3 Å². The Morgan fingerprint density at radius 1 is 1.12 bits per heavy atom. The van der Waals surface area contributed by atoms with Crippen LogP contribution in [-0.2, 0) is 25.6 Å². The number of carbonyl (C=O) groups is 2. The molecule has 3 saturated carbocycles. The summed E-state index contributed by atoms with van der Waals surface area (Å²) in [6.45, 7) is 4.23. The van der Waals surface area contributed by atoms with Gasteiger partial charge in [0.2, 0.25) is 0 Å². The third-order valence-electron chi connectivity index (χ3n) is 11.0. The Bertz CT molecular complexity index is 1350. The molecule has 0 heterocycles. The molecule has 42 heavy (non-hydrogen) atoms. The number of esters is 1. The van der Waals surface area contributed by atoms with E-state index in [2.05, 4.69) is 36.3 Å². The number of hydrogen-bond acceptors (Lipinski definition) is 8. The fourth-order valence-corrected chi connectivity index (χ4v) is 8.57. The molecule has 4 N–H and O–H groups in total. The number of terminal acetylenes is 1. The number of oxime groups is 1. The van der Waals surface area contributed by atoms with Crippen LogP contribution in [0.1, 0.15) is 70.8 Å². The molecule has 5 rings (SSSR count). The predicted molar refractivity (Wildman–Crippen MR) is 156 cm³/mol. The predicted octanol–water partition coefficient (Wildman–Crippen LogP) is 4.00. The van der Waals surface area contributed by atoms with Crippen LogP contribution in [0.4, 0.5) is 0 Å². The van der Waals surface area contributed by atoms with Crippen molar-refractivity contribution >= 4 is 17.6 Å². The zero-order chi connectivity index (χ0) is 30.3. The summed E-state index contributed by atoms with van der Waals surface area (Å²) < 4.78 is 4.82. The number of amides is 1. The standard InChI is InChI=1S/C33H42N2O7/c1-5-33(40)15-12-25-23-8-7-21-18-22(10-13-31(21,2)24(23)11-14-32(25,33)3)35-42-19-29(38)34-26(30(39)41-4)16-20-6-9-27(36)28(37)17-20/h1,6,9,17-18,23-26,36-37,40H,7-8,10-16,19H2,2-4H3,(H,34,38)/t23-,24-,25+,26+,31-,32+,33+/m0/s1. The first-order valence-electron chi connectivity index (χ1n) is 14.9. The molecule has 4 aliphatic carbocycles. The van der Waals surface area contributed by atoms with Gasteiger partial charge in [-0.05, 0) is 98.3 Å². The molecule has 9 nitrogen and oxygen atoms in total. The number of carbonyl (C=O) groups excluding carboxylic acids is 2. The monoisotopic (exact) mass is 578 g/mol. The molecular formula is C33H42N2O7. The zero-order valence-electron chi connectivity index (χ0n) is 24.7. The Hall–Kier alpha value is -3.51. The van der Waals surface area contributed by atoms with Gasteiger partial charge in [-0.1, -0.05) is 36.6 Å². The number of aliphatic hydroxyl groups is 1. The number of phenols is 2. The van der Waals surface area contributed by atoms with Crippen molar-refractivity contribution in [1.82, 2.24) is 5.32 Å². The number of ether oxygens (including phenoxy) is 1. The molecule has 0 saturated heterocycles. The van der Waals surface area contributed by atoms with Gasteiger partial charge in [-0.25, -0.2) is 4.79 Å². The van der Waals surface area contributed by atoms with Crippen LogP contribution < -0.4 is 5.32 Å². The lowest BCUT2D eigenvalue weighted by Gasteiger charge is -2.58. The Labute approximate surface area is 247 Å². The first-order chi connectivity index (χ1) is 19.9. The van der Waals surface area contributed by atoms with Gasteiger partial charge in [0.05, 0.1) is 12.8 Å². The molecule has 1 aromatic carbocycles. The highest BCUT2D eigenvalue weighted by atomic mass is 16.6. The van der Waals surface area contributed by atoms with Crippen LogP contribution >= 0.6 is 0 Å². The molecule has 0 bridgehead atoms. The van der Waals surface area contributed by atoms with E-state index in [1.165, 1.54) is 24.8 Å².